The van der Waals surface area contributed by atoms with Crippen LogP contribution >= 0.6 is 0 Å². The Kier molecular flexibility index (Phi) is 6.60. The summed E-state index contributed by atoms with van der Waals surface area (Å²) in [6.45, 7) is 9.27. The number of unbranched alkanes of at least 4 members (excludes halogenated alkanes) is 3. The maximum Gasteiger partial charge on any atom is 0.410 e. The molecule has 1 atom stereocenters. The molecule has 0 radical (unpaired) electrons. The first-order chi connectivity index (χ1) is 13.0. The van der Waals surface area contributed by atoms with Crippen LogP contribution in [0.1, 0.15) is 63.7 Å². The molecule has 1 amide bonds. The van der Waals surface area contributed by atoms with Crippen molar-refractivity contribution >= 4 is 6.09 Å². The summed E-state index contributed by atoms with van der Waals surface area (Å²) in [5, 5.41) is 0. The lowest BCUT2D eigenvalue weighted by Crippen LogP contribution is -2.35. The molecule has 1 aromatic carbocycles. The van der Waals surface area contributed by atoms with Gasteiger partial charge in [0.05, 0.1) is 13.2 Å². The average molecular weight is 377 g/mol. The number of hydrogen-bond acceptors (Lipinski definition) is 5. The van der Waals surface area contributed by atoms with Gasteiger partial charge in [0.2, 0.25) is 5.79 Å². The number of fused-ring (bicyclic) bond motifs is 1. The zero-order valence-corrected chi connectivity index (χ0v) is 16.7. The smallest absolute Gasteiger partial charge is 0.410 e. The Labute approximate surface area is 161 Å². The molecule has 150 valence electrons. The minimum atomic E-state index is -0.603. The minimum absolute atomic E-state index is 0.222. The highest BCUT2D eigenvalue weighted by atomic mass is 16.7. The molecule has 0 saturated carbocycles. The van der Waals surface area contributed by atoms with E-state index in [-0.39, 0.29) is 12.2 Å². The molecular formula is C21H31NO5. The van der Waals surface area contributed by atoms with Gasteiger partial charge in [-0.1, -0.05) is 18.9 Å². The minimum Gasteiger partial charge on any atom is -0.463 e. The maximum absolute atomic E-state index is 12.2. The number of carbonyl (C=O) groups is 1. The third kappa shape index (κ3) is 5.36. The number of carbonyl (C=O) groups excluding carboxylic acids is 1. The quantitative estimate of drug-likeness (QED) is 0.596. The average Bonchev–Trinajstić information content (AvgIpc) is 3.00. The van der Waals surface area contributed by atoms with Gasteiger partial charge in [0, 0.05) is 39.2 Å². The van der Waals surface area contributed by atoms with Crippen LogP contribution in [0, 0.1) is 0 Å². The van der Waals surface area contributed by atoms with E-state index in [1.807, 2.05) is 43.9 Å². The molecule has 0 N–H and O–H groups in total. The highest BCUT2D eigenvalue weighted by Crippen LogP contribution is 2.35. The molecule has 3 rings (SSSR count). The Morgan fingerprint density at radius 1 is 1.22 bits per heavy atom. The highest BCUT2D eigenvalue weighted by molar-refractivity contribution is 5.70. The van der Waals surface area contributed by atoms with Crippen molar-refractivity contribution in [3.05, 3.63) is 29.3 Å². The van der Waals surface area contributed by atoms with Crippen LogP contribution in [-0.2, 0) is 20.8 Å². The molecule has 2 aliphatic heterocycles. The standard InChI is InChI=1S/C21H31NO5/c1-4-24-12-8-6-5-7-11-22-14-19(26-20(22)23)16-9-10-18-17(13-16)15-25-21(2,3)27-18/h9-10,13,19H,4-8,11-12,14-15H2,1-3H3. The van der Waals surface area contributed by atoms with E-state index < -0.39 is 5.79 Å². The van der Waals surface area contributed by atoms with Crippen LogP contribution < -0.4 is 4.74 Å². The summed E-state index contributed by atoms with van der Waals surface area (Å²) in [5.74, 6) is 0.233. The zero-order valence-electron chi connectivity index (χ0n) is 16.7. The molecule has 0 spiro atoms. The molecule has 2 aliphatic rings. The number of rotatable bonds is 9. The topological polar surface area (TPSA) is 57.2 Å². The van der Waals surface area contributed by atoms with Crippen LogP contribution in [0.5, 0.6) is 5.75 Å². The lowest BCUT2D eigenvalue weighted by molar-refractivity contribution is -0.180. The van der Waals surface area contributed by atoms with Crippen molar-refractivity contribution in [2.75, 3.05) is 26.3 Å². The van der Waals surface area contributed by atoms with Crippen molar-refractivity contribution in [3.8, 4) is 5.75 Å². The van der Waals surface area contributed by atoms with Crippen molar-refractivity contribution in [3.63, 3.8) is 0 Å². The van der Waals surface area contributed by atoms with E-state index in [0.717, 1.165) is 62.3 Å². The number of ether oxygens (including phenoxy) is 4. The van der Waals surface area contributed by atoms with E-state index in [1.54, 1.807) is 0 Å². The molecule has 1 aromatic rings. The van der Waals surface area contributed by atoms with E-state index in [2.05, 4.69) is 0 Å². The second kappa shape index (κ2) is 8.93. The number of amides is 1. The summed E-state index contributed by atoms with van der Waals surface area (Å²) in [6, 6.07) is 5.96. The van der Waals surface area contributed by atoms with Gasteiger partial charge in [-0.2, -0.15) is 0 Å². The molecule has 6 nitrogen and oxygen atoms in total. The molecule has 0 aromatic heterocycles. The van der Waals surface area contributed by atoms with E-state index in [4.69, 9.17) is 18.9 Å². The Morgan fingerprint density at radius 3 is 2.85 bits per heavy atom. The third-order valence-electron chi connectivity index (χ3n) is 4.95. The fourth-order valence-corrected chi connectivity index (χ4v) is 3.43. The summed E-state index contributed by atoms with van der Waals surface area (Å²) in [4.78, 5) is 14.0. The largest absolute Gasteiger partial charge is 0.463 e. The van der Waals surface area contributed by atoms with Crippen molar-refractivity contribution < 1.29 is 23.7 Å². The van der Waals surface area contributed by atoms with Gasteiger partial charge < -0.3 is 23.8 Å². The van der Waals surface area contributed by atoms with Crippen molar-refractivity contribution in [1.29, 1.82) is 0 Å². The van der Waals surface area contributed by atoms with Crippen LogP contribution in [0.15, 0.2) is 18.2 Å². The lowest BCUT2D eigenvalue weighted by Gasteiger charge is -2.32. The Balaban J connectivity index is 1.48. The van der Waals surface area contributed by atoms with Crippen molar-refractivity contribution in [2.45, 2.75) is 65.0 Å². The van der Waals surface area contributed by atoms with Crippen LogP contribution in [0.25, 0.3) is 0 Å². The van der Waals surface area contributed by atoms with E-state index in [0.29, 0.717) is 13.2 Å². The van der Waals surface area contributed by atoms with Crippen LogP contribution in [0.2, 0.25) is 0 Å². The third-order valence-corrected chi connectivity index (χ3v) is 4.95. The van der Waals surface area contributed by atoms with Gasteiger partial charge in [-0.05, 0) is 37.5 Å². The molecule has 2 heterocycles. The van der Waals surface area contributed by atoms with E-state index >= 15 is 0 Å². The van der Waals surface area contributed by atoms with Crippen molar-refractivity contribution in [1.82, 2.24) is 4.90 Å². The fraction of sp³-hybridized carbons (Fsp3) is 0.667. The Hall–Kier alpha value is -1.79. The summed E-state index contributed by atoms with van der Waals surface area (Å²) < 4.78 is 22.5. The molecular weight excluding hydrogens is 346 g/mol. The molecule has 27 heavy (non-hydrogen) atoms. The Bertz CT molecular complexity index is 645. The summed E-state index contributed by atoms with van der Waals surface area (Å²) >= 11 is 0. The molecule has 1 unspecified atom stereocenters. The Morgan fingerprint density at radius 2 is 2.04 bits per heavy atom. The normalized spacial score (nSPS) is 20.9. The summed E-state index contributed by atoms with van der Waals surface area (Å²) in [6.07, 6.45) is 3.86. The molecule has 0 aliphatic carbocycles. The fourth-order valence-electron chi connectivity index (χ4n) is 3.43. The van der Waals surface area contributed by atoms with Crippen molar-refractivity contribution in [2.24, 2.45) is 0 Å². The van der Waals surface area contributed by atoms with E-state index in [1.165, 1.54) is 0 Å². The highest BCUT2D eigenvalue weighted by Gasteiger charge is 2.33. The molecule has 0 bridgehead atoms. The first-order valence-electron chi connectivity index (χ1n) is 9.97. The number of nitrogens with zero attached hydrogens (tertiary/aromatic N) is 1. The molecule has 1 saturated heterocycles. The first kappa shape index (κ1) is 20.0. The number of cyclic esters (lactones) is 1. The van der Waals surface area contributed by atoms with Gasteiger partial charge >= 0.3 is 6.09 Å². The van der Waals surface area contributed by atoms with Crippen LogP contribution in [0.3, 0.4) is 0 Å². The van der Waals surface area contributed by atoms with E-state index in [9.17, 15) is 4.79 Å². The molecule has 6 heteroatoms. The van der Waals surface area contributed by atoms with Gasteiger partial charge in [-0.3, -0.25) is 0 Å². The first-order valence-corrected chi connectivity index (χ1v) is 9.97. The summed E-state index contributed by atoms with van der Waals surface area (Å²) in [5.41, 5.74) is 1.99. The van der Waals surface area contributed by atoms with Crippen LogP contribution in [-0.4, -0.2) is 43.1 Å². The summed E-state index contributed by atoms with van der Waals surface area (Å²) in [7, 11) is 0. The lowest BCUT2D eigenvalue weighted by atomic mass is 10.0. The second-order valence-corrected chi connectivity index (χ2v) is 7.59. The monoisotopic (exact) mass is 377 g/mol. The number of hydrogen-bond donors (Lipinski definition) is 0. The van der Waals surface area contributed by atoms with Crippen LogP contribution in [0.4, 0.5) is 4.79 Å². The van der Waals surface area contributed by atoms with Gasteiger partial charge in [0.25, 0.3) is 0 Å². The number of benzene rings is 1. The van der Waals surface area contributed by atoms with Gasteiger partial charge in [-0.15, -0.1) is 0 Å². The van der Waals surface area contributed by atoms with Gasteiger partial charge in [0.15, 0.2) is 0 Å². The molecule has 1 fully saturated rings. The maximum atomic E-state index is 12.2. The van der Waals surface area contributed by atoms with Gasteiger partial charge in [0.1, 0.15) is 11.9 Å². The SMILES string of the molecule is CCOCCCCCCN1CC(c2ccc3c(c2)COC(C)(C)O3)OC1=O. The second-order valence-electron chi connectivity index (χ2n) is 7.59. The predicted molar refractivity (Wildman–Crippen MR) is 102 cm³/mol. The van der Waals surface area contributed by atoms with Gasteiger partial charge in [-0.25, -0.2) is 4.79 Å². The predicted octanol–water partition coefficient (Wildman–Crippen LogP) is 4.42. The zero-order chi connectivity index (χ0) is 19.3.